The van der Waals surface area contributed by atoms with E-state index in [2.05, 4.69) is 15.3 Å². The molecule has 0 bridgehead atoms. The van der Waals surface area contributed by atoms with Crippen LogP contribution in [0.25, 0.3) is 0 Å². The number of halogens is 2. The molecule has 0 saturated carbocycles. The predicted octanol–water partition coefficient (Wildman–Crippen LogP) is 2.39. The second kappa shape index (κ2) is 4.86. The largest absolute Gasteiger partial charge is 0.373 e. The summed E-state index contributed by atoms with van der Waals surface area (Å²) in [7, 11) is 1.74. The second-order valence-electron chi connectivity index (χ2n) is 3.52. The van der Waals surface area contributed by atoms with E-state index in [-0.39, 0.29) is 6.42 Å². The van der Waals surface area contributed by atoms with Gasteiger partial charge in [0.25, 0.3) is 0 Å². The zero-order valence-electron chi connectivity index (χ0n) is 9.24. The lowest BCUT2D eigenvalue weighted by Gasteiger charge is -2.04. The Bertz CT molecular complexity index is 529. The smallest absolute Gasteiger partial charge is 0.135 e. The summed E-state index contributed by atoms with van der Waals surface area (Å²) in [5.41, 5.74) is 0.375. The van der Waals surface area contributed by atoms with Crippen LogP contribution in [0, 0.1) is 11.6 Å². The van der Waals surface area contributed by atoms with E-state index in [1.165, 1.54) is 12.1 Å². The fourth-order valence-electron chi connectivity index (χ4n) is 1.46. The van der Waals surface area contributed by atoms with Gasteiger partial charge in [0.2, 0.25) is 0 Å². The fourth-order valence-corrected chi connectivity index (χ4v) is 1.46. The molecule has 2 aromatic rings. The molecule has 3 nitrogen and oxygen atoms in total. The number of nitrogens with one attached hydrogen (secondary N) is 1. The summed E-state index contributed by atoms with van der Waals surface area (Å²) in [5.74, 6) is -0.0144. The molecule has 0 aliphatic rings. The van der Waals surface area contributed by atoms with Crippen molar-refractivity contribution in [2.24, 2.45) is 0 Å². The molecule has 0 spiro atoms. The Hall–Kier alpha value is -2.04. The standard InChI is InChI=1S/C12H11F2N3/c1-15-11-4-5-16-12(17-11)6-8-2-3-9(13)7-10(8)14/h2-5,7H,6H2,1H3,(H,15,16,17). The summed E-state index contributed by atoms with van der Waals surface area (Å²) in [5, 5.41) is 2.87. The summed E-state index contributed by atoms with van der Waals surface area (Å²) < 4.78 is 26.1. The van der Waals surface area contributed by atoms with Crippen molar-refractivity contribution in [1.82, 2.24) is 9.97 Å². The van der Waals surface area contributed by atoms with Crippen LogP contribution in [0.15, 0.2) is 30.5 Å². The minimum absolute atomic E-state index is 0.238. The minimum Gasteiger partial charge on any atom is -0.373 e. The van der Waals surface area contributed by atoms with Gasteiger partial charge in [-0.05, 0) is 17.7 Å². The third kappa shape index (κ3) is 2.75. The molecule has 0 fully saturated rings. The highest BCUT2D eigenvalue weighted by Gasteiger charge is 2.06. The molecule has 0 saturated heterocycles. The third-order valence-electron chi connectivity index (χ3n) is 2.33. The SMILES string of the molecule is CNc1ccnc(Cc2ccc(F)cc2F)n1. The van der Waals surface area contributed by atoms with E-state index in [4.69, 9.17) is 0 Å². The van der Waals surface area contributed by atoms with Gasteiger partial charge in [-0.3, -0.25) is 0 Å². The maximum Gasteiger partial charge on any atom is 0.135 e. The zero-order valence-corrected chi connectivity index (χ0v) is 9.24. The van der Waals surface area contributed by atoms with Crippen LogP contribution in [0.5, 0.6) is 0 Å². The van der Waals surface area contributed by atoms with Crippen molar-refractivity contribution in [3.63, 3.8) is 0 Å². The average Bonchev–Trinajstić information content (AvgIpc) is 2.33. The molecule has 0 aliphatic carbocycles. The van der Waals surface area contributed by atoms with Crippen LogP contribution in [-0.4, -0.2) is 17.0 Å². The number of hydrogen-bond donors (Lipinski definition) is 1. The van der Waals surface area contributed by atoms with E-state index in [1.54, 1.807) is 19.3 Å². The van der Waals surface area contributed by atoms with Crippen molar-refractivity contribution in [3.05, 3.63) is 53.5 Å². The van der Waals surface area contributed by atoms with E-state index in [0.29, 0.717) is 17.2 Å². The summed E-state index contributed by atoms with van der Waals surface area (Å²) in [6.07, 6.45) is 1.83. The molecule has 17 heavy (non-hydrogen) atoms. The van der Waals surface area contributed by atoms with E-state index >= 15 is 0 Å². The first-order valence-corrected chi connectivity index (χ1v) is 5.12. The predicted molar refractivity (Wildman–Crippen MR) is 60.7 cm³/mol. The molecule has 1 aromatic carbocycles. The molecule has 0 atom stereocenters. The number of hydrogen-bond acceptors (Lipinski definition) is 3. The molecule has 1 heterocycles. The Labute approximate surface area is 97.5 Å². The molecule has 0 aliphatic heterocycles. The number of nitrogens with zero attached hydrogens (tertiary/aromatic N) is 2. The molecule has 1 aromatic heterocycles. The molecule has 5 heteroatoms. The summed E-state index contributed by atoms with van der Waals surface area (Å²) in [4.78, 5) is 8.20. The molecule has 2 rings (SSSR count). The summed E-state index contributed by atoms with van der Waals surface area (Å²) in [6, 6.07) is 5.20. The summed E-state index contributed by atoms with van der Waals surface area (Å²) in [6.45, 7) is 0. The van der Waals surface area contributed by atoms with Crippen molar-refractivity contribution in [2.45, 2.75) is 6.42 Å². The lowest BCUT2D eigenvalue weighted by Crippen LogP contribution is -2.01. The topological polar surface area (TPSA) is 37.8 Å². The van der Waals surface area contributed by atoms with Gasteiger partial charge in [-0.2, -0.15) is 0 Å². The molecule has 0 unspecified atom stereocenters. The Balaban J connectivity index is 2.25. The number of aromatic nitrogens is 2. The summed E-state index contributed by atoms with van der Waals surface area (Å²) >= 11 is 0. The van der Waals surface area contributed by atoms with Crippen molar-refractivity contribution < 1.29 is 8.78 Å². The normalized spacial score (nSPS) is 10.3. The highest BCUT2D eigenvalue weighted by molar-refractivity contribution is 5.32. The molecular weight excluding hydrogens is 224 g/mol. The van der Waals surface area contributed by atoms with Gasteiger partial charge in [-0.1, -0.05) is 6.07 Å². The Kier molecular flexibility index (Phi) is 3.27. The van der Waals surface area contributed by atoms with Gasteiger partial charge in [0, 0.05) is 25.7 Å². The quantitative estimate of drug-likeness (QED) is 0.887. The van der Waals surface area contributed by atoms with Gasteiger partial charge in [0.05, 0.1) is 0 Å². The van der Waals surface area contributed by atoms with Crippen LogP contribution < -0.4 is 5.32 Å². The van der Waals surface area contributed by atoms with Crippen LogP contribution in [0.4, 0.5) is 14.6 Å². The number of anilines is 1. The van der Waals surface area contributed by atoms with Crippen molar-refractivity contribution >= 4 is 5.82 Å². The van der Waals surface area contributed by atoms with Crippen molar-refractivity contribution in [2.75, 3.05) is 12.4 Å². The van der Waals surface area contributed by atoms with Crippen LogP contribution in [0.2, 0.25) is 0 Å². The lowest BCUT2D eigenvalue weighted by molar-refractivity contribution is 0.573. The van der Waals surface area contributed by atoms with Crippen molar-refractivity contribution in [3.8, 4) is 0 Å². The Morgan fingerprint density at radius 1 is 1.24 bits per heavy atom. The van der Waals surface area contributed by atoms with Gasteiger partial charge in [0.1, 0.15) is 23.3 Å². The molecular formula is C12H11F2N3. The number of benzene rings is 1. The maximum atomic E-state index is 13.4. The van der Waals surface area contributed by atoms with Gasteiger partial charge >= 0.3 is 0 Å². The van der Waals surface area contributed by atoms with Gasteiger partial charge in [-0.25, -0.2) is 18.7 Å². The van der Waals surface area contributed by atoms with Gasteiger partial charge < -0.3 is 5.32 Å². The van der Waals surface area contributed by atoms with E-state index in [0.717, 1.165) is 6.07 Å². The maximum absolute atomic E-state index is 13.4. The highest BCUT2D eigenvalue weighted by Crippen LogP contribution is 2.13. The molecule has 1 N–H and O–H groups in total. The van der Waals surface area contributed by atoms with Crippen LogP contribution in [0.1, 0.15) is 11.4 Å². The minimum atomic E-state index is -0.587. The van der Waals surface area contributed by atoms with E-state index in [1.807, 2.05) is 0 Å². The average molecular weight is 235 g/mol. The van der Waals surface area contributed by atoms with Gasteiger partial charge in [0.15, 0.2) is 0 Å². The van der Waals surface area contributed by atoms with Crippen molar-refractivity contribution in [1.29, 1.82) is 0 Å². The second-order valence-corrected chi connectivity index (χ2v) is 3.52. The van der Waals surface area contributed by atoms with Crippen LogP contribution >= 0.6 is 0 Å². The third-order valence-corrected chi connectivity index (χ3v) is 2.33. The number of rotatable bonds is 3. The first kappa shape index (κ1) is 11.4. The first-order chi connectivity index (χ1) is 8.19. The first-order valence-electron chi connectivity index (χ1n) is 5.12. The monoisotopic (exact) mass is 235 g/mol. The highest BCUT2D eigenvalue weighted by atomic mass is 19.1. The molecule has 0 amide bonds. The zero-order chi connectivity index (χ0) is 12.3. The fraction of sp³-hybridized carbons (Fsp3) is 0.167. The lowest BCUT2D eigenvalue weighted by atomic mass is 10.1. The van der Waals surface area contributed by atoms with Crippen LogP contribution in [-0.2, 0) is 6.42 Å². The van der Waals surface area contributed by atoms with E-state index < -0.39 is 11.6 Å². The molecule has 88 valence electrons. The van der Waals surface area contributed by atoms with Gasteiger partial charge in [-0.15, -0.1) is 0 Å². The molecule has 0 radical (unpaired) electrons. The van der Waals surface area contributed by atoms with E-state index in [9.17, 15) is 8.78 Å². The Morgan fingerprint density at radius 2 is 2.06 bits per heavy atom. The van der Waals surface area contributed by atoms with Crippen LogP contribution in [0.3, 0.4) is 0 Å². The Morgan fingerprint density at radius 3 is 2.76 bits per heavy atom.